The summed E-state index contributed by atoms with van der Waals surface area (Å²) in [5.74, 6) is -1.74. The zero-order valence-electron chi connectivity index (χ0n) is 15.3. The lowest BCUT2D eigenvalue weighted by molar-refractivity contribution is -0.126. The molecule has 3 rings (SSSR count). The monoisotopic (exact) mass is 385 g/mol. The summed E-state index contributed by atoms with van der Waals surface area (Å²) in [6.07, 6.45) is 0.0265. The summed E-state index contributed by atoms with van der Waals surface area (Å²) < 4.78 is 18.5. The van der Waals surface area contributed by atoms with E-state index in [2.05, 4.69) is 10.9 Å². The summed E-state index contributed by atoms with van der Waals surface area (Å²) in [6.45, 7) is 2.49. The van der Waals surface area contributed by atoms with Crippen LogP contribution in [0.25, 0.3) is 0 Å². The third kappa shape index (κ3) is 4.28. The number of para-hydroxylation sites is 2. The number of hydrogen-bond acceptors (Lipinski definition) is 4. The van der Waals surface area contributed by atoms with Crippen LogP contribution in [0.4, 0.5) is 10.1 Å². The standard InChI is InChI=1S/C20H20FN3O4/c1-2-28-17-6-4-3-5-16(17)24-12-14(11-18(24)25)20(27)23-22-19(26)13-7-9-15(21)10-8-13/h3-10,14H,2,11-12H2,1H3,(H,22,26)(H,23,27)/t14-/m1/s1. The number of amides is 3. The van der Waals surface area contributed by atoms with Crippen molar-refractivity contribution in [3.05, 3.63) is 59.9 Å². The summed E-state index contributed by atoms with van der Waals surface area (Å²) in [4.78, 5) is 38.3. The van der Waals surface area contributed by atoms with Gasteiger partial charge in [0.15, 0.2) is 0 Å². The van der Waals surface area contributed by atoms with Crippen molar-refractivity contribution >= 4 is 23.4 Å². The molecule has 146 valence electrons. The fourth-order valence-corrected chi connectivity index (χ4v) is 2.97. The van der Waals surface area contributed by atoms with E-state index in [0.29, 0.717) is 18.0 Å². The van der Waals surface area contributed by atoms with E-state index in [9.17, 15) is 18.8 Å². The maximum Gasteiger partial charge on any atom is 0.269 e. The topological polar surface area (TPSA) is 87.7 Å². The van der Waals surface area contributed by atoms with Gasteiger partial charge in [-0.25, -0.2) is 4.39 Å². The zero-order valence-corrected chi connectivity index (χ0v) is 15.3. The zero-order chi connectivity index (χ0) is 20.1. The maximum absolute atomic E-state index is 12.9. The van der Waals surface area contributed by atoms with Crippen molar-refractivity contribution in [3.63, 3.8) is 0 Å². The van der Waals surface area contributed by atoms with Crippen molar-refractivity contribution in [1.82, 2.24) is 10.9 Å². The molecule has 28 heavy (non-hydrogen) atoms. The van der Waals surface area contributed by atoms with Crippen LogP contribution in [-0.4, -0.2) is 30.9 Å². The number of nitrogens with zero attached hydrogens (tertiary/aromatic N) is 1. The molecule has 1 saturated heterocycles. The molecule has 1 fully saturated rings. The van der Waals surface area contributed by atoms with Crippen molar-refractivity contribution in [2.24, 2.45) is 5.92 Å². The first-order valence-corrected chi connectivity index (χ1v) is 8.87. The summed E-state index contributed by atoms with van der Waals surface area (Å²) in [5.41, 5.74) is 5.42. The van der Waals surface area contributed by atoms with Crippen LogP contribution in [0.5, 0.6) is 5.75 Å². The van der Waals surface area contributed by atoms with Crippen molar-refractivity contribution in [1.29, 1.82) is 0 Å². The molecule has 1 heterocycles. The van der Waals surface area contributed by atoms with Gasteiger partial charge in [0.25, 0.3) is 5.91 Å². The number of halogens is 1. The second-order valence-corrected chi connectivity index (χ2v) is 6.26. The smallest absolute Gasteiger partial charge is 0.269 e. The highest BCUT2D eigenvalue weighted by Crippen LogP contribution is 2.33. The van der Waals surface area contributed by atoms with E-state index in [1.54, 1.807) is 18.2 Å². The molecule has 0 aliphatic carbocycles. The van der Waals surface area contributed by atoms with Crippen molar-refractivity contribution < 1.29 is 23.5 Å². The molecule has 2 N–H and O–H groups in total. The molecule has 7 nitrogen and oxygen atoms in total. The highest BCUT2D eigenvalue weighted by atomic mass is 19.1. The first-order valence-electron chi connectivity index (χ1n) is 8.87. The van der Waals surface area contributed by atoms with Gasteiger partial charge >= 0.3 is 0 Å². The first kappa shape index (κ1) is 19.3. The number of carbonyl (C=O) groups excluding carboxylic acids is 3. The van der Waals surface area contributed by atoms with Gasteiger partial charge in [0.2, 0.25) is 11.8 Å². The Morgan fingerprint density at radius 1 is 1.14 bits per heavy atom. The van der Waals surface area contributed by atoms with Crippen LogP contribution in [-0.2, 0) is 9.59 Å². The van der Waals surface area contributed by atoms with Crippen LogP contribution in [0.15, 0.2) is 48.5 Å². The Kier molecular flexibility index (Phi) is 5.88. The Morgan fingerprint density at radius 3 is 2.57 bits per heavy atom. The van der Waals surface area contributed by atoms with Crippen LogP contribution in [0, 0.1) is 11.7 Å². The second kappa shape index (κ2) is 8.51. The molecule has 0 spiro atoms. The molecule has 1 atom stereocenters. The summed E-state index contributed by atoms with van der Waals surface area (Å²) in [6, 6.07) is 12.1. The van der Waals surface area contributed by atoms with Gasteiger partial charge in [0.05, 0.1) is 18.2 Å². The van der Waals surface area contributed by atoms with Gasteiger partial charge in [-0.2, -0.15) is 0 Å². The number of carbonyl (C=O) groups is 3. The minimum absolute atomic E-state index is 0.0265. The highest BCUT2D eigenvalue weighted by Gasteiger charge is 2.36. The van der Waals surface area contributed by atoms with Crippen molar-refractivity contribution in [2.45, 2.75) is 13.3 Å². The Labute approximate surface area is 161 Å². The van der Waals surface area contributed by atoms with Crippen molar-refractivity contribution in [3.8, 4) is 5.75 Å². The van der Waals surface area contributed by atoms with Crippen LogP contribution < -0.4 is 20.5 Å². The molecule has 2 aromatic carbocycles. The van der Waals surface area contributed by atoms with Crippen LogP contribution in [0.3, 0.4) is 0 Å². The molecule has 2 aromatic rings. The van der Waals surface area contributed by atoms with E-state index in [-0.39, 0.29) is 24.4 Å². The molecule has 3 amide bonds. The number of nitrogens with one attached hydrogen (secondary N) is 2. The number of hydrogen-bond donors (Lipinski definition) is 2. The number of benzene rings is 2. The number of rotatable bonds is 5. The predicted octanol–water partition coefficient (Wildman–Crippen LogP) is 2.04. The minimum Gasteiger partial charge on any atom is -0.492 e. The number of ether oxygens (including phenoxy) is 1. The van der Waals surface area contributed by atoms with Crippen LogP contribution in [0.1, 0.15) is 23.7 Å². The lowest BCUT2D eigenvalue weighted by Gasteiger charge is -2.20. The predicted molar refractivity (Wildman–Crippen MR) is 100 cm³/mol. The van der Waals surface area contributed by atoms with E-state index in [1.807, 2.05) is 13.0 Å². The normalized spacial score (nSPS) is 16.0. The average Bonchev–Trinajstić information content (AvgIpc) is 3.09. The Morgan fingerprint density at radius 2 is 1.86 bits per heavy atom. The highest BCUT2D eigenvalue weighted by molar-refractivity contribution is 6.02. The van der Waals surface area contributed by atoms with Gasteiger partial charge in [-0.1, -0.05) is 12.1 Å². The SMILES string of the molecule is CCOc1ccccc1N1C[C@H](C(=O)NNC(=O)c2ccc(F)cc2)CC1=O. The number of anilines is 1. The van der Waals surface area contributed by atoms with E-state index in [1.165, 1.54) is 17.0 Å². The largest absolute Gasteiger partial charge is 0.492 e. The lowest BCUT2D eigenvalue weighted by Crippen LogP contribution is -2.45. The third-order valence-corrected chi connectivity index (χ3v) is 4.36. The Balaban J connectivity index is 1.61. The molecular weight excluding hydrogens is 365 g/mol. The van der Waals surface area contributed by atoms with Gasteiger partial charge < -0.3 is 9.64 Å². The van der Waals surface area contributed by atoms with E-state index in [4.69, 9.17) is 4.74 Å². The van der Waals surface area contributed by atoms with Crippen LogP contribution >= 0.6 is 0 Å². The van der Waals surface area contributed by atoms with Crippen molar-refractivity contribution in [2.75, 3.05) is 18.1 Å². The molecule has 0 unspecified atom stereocenters. The molecular formula is C20H20FN3O4. The van der Waals surface area contributed by atoms with Gasteiger partial charge in [-0.3, -0.25) is 25.2 Å². The van der Waals surface area contributed by atoms with E-state index < -0.39 is 23.5 Å². The van der Waals surface area contributed by atoms with Gasteiger partial charge in [-0.05, 0) is 43.3 Å². The summed E-state index contributed by atoms with van der Waals surface area (Å²) >= 11 is 0. The minimum atomic E-state index is -0.615. The van der Waals surface area contributed by atoms with E-state index in [0.717, 1.165) is 12.1 Å². The lowest BCUT2D eigenvalue weighted by atomic mass is 10.1. The molecule has 0 saturated carbocycles. The maximum atomic E-state index is 12.9. The quantitative estimate of drug-likeness (QED) is 0.771. The average molecular weight is 385 g/mol. The Hall–Kier alpha value is -3.42. The van der Waals surface area contributed by atoms with E-state index >= 15 is 0 Å². The fourth-order valence-electron chi connectivity index (χ4n) is 2.97. The molecule has 8 heteroatoms. The summed E-state index contributed by atoms with van der Waals surface area (Å²) in [7, 11) is 0. The van der Waals surface area contributed by atoms with Gasteiger partial charge in [-0.15, -0.1) is 0 Å². The molecule has 0 bridgehead atoms. The molecule has 1 aliphatic rings. The molecule has 1 aliphatic heterocycles. The Bertz CT molecular complexity index is 885. The number of hydrazine groups is 1. The second-order valence-electron chi connectivity index (χ2n) is 6.26. The first-order chi connectivity index (χ1) is 13.5. The van der Waals surface area contributed by atoms with Gasteiger partial charge in [0, 0.05) is 18.5 Å². The molecule has 0 radical (unpaired) electrons. The third-order valence-electron chi connectivity index (χ3n) is 4.36. The van der Waals surface area contributed by atoms with Gasteiger partial charge in [0.1, 0.15) is 11.6 Å². The molecule has 0 aromatic heterocycles. The van der Waals surface area contributed by atoms with Crippen LogP contribution in [0.2, 0.25) is 0 Å². The fraction of sp³-hybridized carbons (Fsp3) is 0.250. The summed E-state index contributed by atoms with van der Waals surface area (Å²) in [5, 5.41) is 0.